The molecule has 21 atom stereocenters. The maximum atomic E-state index is 14.5. The number of hydrogen-bond acceptors (Lipinski definition) is 29. The molecule has 0 bridgehead atoms. The Bertz CT molecular complexity index is 2510. The van der Waals surface area contributed by atoms with Crippen LogP contribution in [-0.4, -0.2) is 215 Å². The van der Waals surface area contributed by atoms with E-state index in [2.05, 4.69) is 6.92 Å². The molecule has 0 aromatic heterocycles. The molecule has 4 heterocycles. The highest BCUT2D eigenvalue weighted by Crippen LogP contribution is 2.40. The Morgan fingerprint density at radius 1 is 0.320 bits per heavy atom. The minimum Gasteiger partial charge on any atom is -0.463 e. The van der Waals surface area contributed by atoms with Gasteiger partial charge in [-0.2, -0.15) is 0 Å². The van der Waals surface area contributed by atoms with Crippen molar-refractivity contribution in [1.29, 1.82) is 0 Å². The number of carbonyl (C=O) groups is 10. The van der Waals surface area contributed by atoms with Crippen LogP contribution in [0.25, 0.3) is 0 Å². The first kappa shape index (κ1) is 86.9. The first-order valence-electron chi connectivity index (χ1n) is 36.1. The molecular weight excluding hydrogens is 1320 g/mol. The van der Waals surface area contributed by atoms with Gasteiger partial charge >= 0.3 is 53.7 Å². The van der Waals surface area contributed by atoms with Crippen LogP contribution in [0.15, 0.2) is 0 Å². The number of rotatable bonds is 45. The summed E-state index contributed by atoms with van der Waals surface area (Å²) in [5.74, 6) is -7.17. The van der Waals surface area contributed by atoms with Gasteiger partial charge in [0.15, 0.2) is 86.2 Å². The van der Waals surface area contributed by atoms with Crippen molar-refractivity contribution in [3.63, 3.8) is 0 Å². The predicted molar refractivity (Wildman–Crippen MR) is 352 cm³/mol. The molecular formula is C71H116O29. The Hall–Kier alpha value is -5.50. The van der Waals surface area contributed by atoms with Crippen LogP contribution in [0.2, 0.25) is 0 Å². The predicted octanol–water partition coefficient (Wildman–Crippen LogP) is 8.73. The molecule has 0 unspecified atom stereocenters. The monoisotopic (exact) mass is 1430 g/mol. The summed E-state index contributed by atoms with van der Waals surface area (Å²) < 4.78 is 121. The maximum Gasteiger partial charge on any atom is 0.306 e. The third-order valence-electron chi connectivity index (χ3n) is 17.1. The number of esters is 9. The molecule has 0 aromatic rings. The molecule has 0 N–H and O–H groups in total. The Kier molecular flexibility index (Phi) is 40.2. The van der Waals surface area contributed by atoms with E-state index in [9.17, 15) is 47.9 Å². The molecule has 4 saturated heterocycles. The first-order chi connectivity index (χ1) is 47.6. The third kappa shape index (κ3) is 30.1. The summed E-state index contributed by atoms with van der Waals surface area (Å²) in [5.41, 5.74) is 0. The van der Waals surface area contributed by atoms with Gasteiger partial charge in [0.05, 0.1) is 24.9 Å². The van der Waals surface area contributed by atoms with Crippen LogP contribution in [-0.2, 0) is 138 Å². The number of ether oxygens (including phenoxy) is 19. The van der Waals surface area contributed by atoms with Crippen LogP contribution in [0.1, 0.15) is 239 Å². The van der Waals surface area contributed by atoms with Crippen LogP contribution < -0.4 is 0 Å². The average Bonchev–Trinajstić information content (AvgIpc) is 0.769. The maximum absolute atomic E-state index is 14.5. The van der Waals surface area contributed by atoms with Crippen molar-refractivity contribution < 1.29 is 138 Å². The second-order valence-corrected chi connectivity index (χ2v) is 26.1. The van der Waals surface area contributed by atoms with Gasteiger partial charge in [0, 0.05) is 81.4 Å². The Morgan fingerprint density at radius 2 is 0.710 bits per heavy atom. The molecule has 0 spiro atoms. The van der Waals surface area contributed by atoms with E-state index in [1.54, 1.807) is 20.8 Å². The fraction of sp³-hybridized carbons (Fsp3) is 0.859. The van der Waals surface area contributed by atoms with Crippen molar-refractivity contribution in [1.82, 2.24) is 0 Å². The van der Waals surface area contributed by atoms with Crippen molar-refractivity contribution in [3.05, 3.63) is 0 Å². The normalized spacial score (nSPS) is 30.0. The molecule has 4 rings (SSSR count). The number of ketones is 1. The standard InChI is InChI=1S/C71H116O29/c1-16-20-23-24-25-28-31-35-52(36-32-29-26-27-30-34-41(5)72)95-70-67(63(92-49(13)78)59(90-47(11)76)54(97-70)39-84-44(8)73)100-71-66(99-69-64(93-50(14)79)60(83-38-22-18-3)56(42(6)87-69)88-45(9)74)62(98-55(81)33-19-4)58(82-37-21-17-2)53(96-71)40-85-68-65(94-51(15)80)61(91-48(12)77)57(43(7)86-68)89-46(10)75/h42-43,52-54,56-71H,16-40H2,1-15H3/t42-,43+,52+,53+,54+,56-,57-,58+,59+,60+,61-,62-,63-,64-,65-,66+,67+,68+,69-,70+,71-/m0/s1. The second-order valence-electron chi connectivity index (χ2n) is 26.1. The fourth-order valence-corrected chi connectivity index (χ4v) is 12.5. The lowest BCUT2D eigenvalue weighted by atomic mass is 9.95. The summed E-state index contributed by atoms with van der Waals surface area (Å²) in [6, 6.07) is 0. The van der Waals surface area contributed by atoms with Crippen molar-refractivity contribution in [2.24, 2.45) is 0 Å². The zero-order valence-corrected chi connectivity index (χ0v) is 61.6. The van der Waals surface area contributed by atoms with Crippen LogP contribution in [0.3, 0.4) is 0 Å². The largest absolute Gasteiger partial charge is 0.463 e. The summed E-state index contributed by atoms with van der Waals surface area (Å²) in [7, 11) is 0. The van der Waals surface area contributed by atoms with Gasteiger partial charge in [-0.1, -0.05) is 111 Å². The van der Waals surface area contributed by atoms with Crippen LogP contribution >= 0.6 is 0 Å². The molecule has 4 aliphatic heterocycles. The van der Waals surface area contributed by atoms with Gasteiger partial charge in [-0.15, -0.1) is 0 Å². The Labute approximate surface area is 589 Å². The minimum atomic E-state index is -1.98. The number of carbonyl (C=O) groups excluding carboxylic acids is 10. The molecule has 0 aromatic carbocycles. The molecule has 29 heteroatoms. The molecule has 0 radical (unpaired) electrons. The summed E-state index contributed by atoms with van der Waals surface area (Å²) in [6.45, 7) is 20.4. The van der Waals surface area contributed by atoms with Crippen molar-refractivity contribution >= 4 is 59.5 Å². The fourth-order valence-electron chi connectivity index (χ4n) is 12.5. The Morgan fingerprint density at radius 3 is 1.21 bits per heavy atom. The highest BCUT2D eigenvalue weighted by atomic mass is 16.8. The van der Waals surface area contributed by atoms with E-state index in [1.807, 2.05) is 13.8 Å². The first-order valence-corrected chi connectivity index (χ1v) is 36.1. The molecule has 0 amide bonds. The lowest BCUT2D eigenvalue weighted by molar-refractivity contribution is -0.400. The average molecular weight is 1430 g/mol. The van der Waals surface area contributed by atoms with Crippen molar-refractivity contribution in [3.8, 4) is 0 Å². The van der Waals surface area contributed by atoms with Gasteiger partial charge in [-0.05, 0) is 59.3 Å². The summed E-state index contributed by atoms with van der Waals surface area (Å²) in [4.78, 5) is 131. The number of unbranched alkanes of at least 4 members (excludes halogenated alkanes) is 12. The van der Waals surface area contributed by atoms with Gasteiger partial charge in [-0.25, -0.2) is 0 Å². The van der Waals surface area contributed by atoms with E-state index in [1.165, 1.54) is 20.8 Å². The van der Waals surface area contributed by atoms with Crippen LogP contribution in [0.4, 0.5) is 0 Å². The highest BCUT2D eigenvalue weighted by Gasteiger charge is 2.60. The highest BCUT2D eigenvalue weighted by molar-refractivity contribution is 5.75. The number of Topliss-reactive ketones (excluding diaryl/α,β-unsaturated/α-hetero) is 1. The van der Waals surface area contributed by atoms with E-state index in [0.717, 1.165) is 112 Å². The van der Waals surface area contributed by atoms with E-state index in [-0.39, 0.29) is 31.8 Å². The molecule has 29 nitrogen and oxygen atoms in total. The molecule has 0 aliphatic carbocycles. The van der Waals surface area contributed by atoms with Crippen LogP contribution in [0, 0.1) is 0 Å². The molecule has 4 aliphatic rings. The SMILES string of the molecule is CCCCCCCCC[C@H](CCCCCCCC(C)=O)O[C@@H]1O[C@H](COC(C)=O)[C@@H](OC(C)=O)[C@H](OC(C)=O)[C@H]1O[C@@H]1O[C@H](CO[C@@H]2O[C@H](C)[C@H](OC(C)=O)[C@H](OC(C)=O)[C@@H]2OC(C)=O)[C@@H](OCCCC)[C@H](OC(=O)CCC)[C@H]1O[C@@H]1O[C@@H](C)[C@H](OC(C)=O)[C@@H](OCCCC)[C@@H]1OC(C)=O. The zero-order chi connectivity index (χ0) is 74.0. The smallest absolute Gasteiger partial charge is 0.306 e. The molecule has 574 valence electrons. The van der Waals surface area contributed by atoms with Gasteiger partial charge < -0.3 is 94.8 Å². The van der Waals surface area contributed by atoms with Gasteiger partial charge in [-0.3, -0.25) is 43.2 Å². The second kappa shape index (κ2) is 46.3. The van der Waals surface area contributed by atoms with Crippen molar-refractivity contribution in [2.45, 2.75) is 368 Å². The van der Waals surface area contributed by atoms with E-state index in [0.29, 0.717) is 51.4 Å². The summed E-state index contributed by atoms with van der Waals surface area (Å²) in [5, 5.41) is 0. The van der Waals surface area contributed by atoms with E-state index in [4.69, 9.17) is 90.0 Å². The lowest BCUT2D eigenvalue weighted by Gasteiger charge is -2.51. The van der Waals surface area contributed by atoms with E-state index < -0.39 is 196 Å². The van der Waals surface area contributed by atoms with Gasteiger partial charge in [0.1, 0.15) is 36.8 Å². The molecule has 100 heavy (non-hydrogen) atoms. The third-order valence-corrected chi connectivity index (χ3v) is 17.1. The van der Waals surface area contributed by atoms with E-state index >= 15 is 0 Å². The summed E-state index contributed by atoms with van der Waals surface area (Å²) in [6.07, 6.45) is -16.5. The minimum absolute atomic E-state index is 0.00952. The molecule has 0 saturated carbocycles. The molecule has 4 fully saturated rings. The zero-order valence-electron chi connectivity index (χ0n) is 61.6. The van der Waals surface area contributed by atoms with Gasteiger partial charge in [0.2, 0.25) is 0 Å². The quantitative estimate of drug-likeness (QED) is 0.0312. The lowest BCUT2D eigenvalue weighted by Crippen LogP contribution is -2.69. The van der Waals surface area contributed by atoms with Crippen LogP contribution in [0.5, 0.6) is 0 Å². The summed E-state index contributed by atoms with van der Waals surface area (Å²) >= 11 is 0. The van der Waals surface area contributed by atoms with Crippen molar-refractivity contribution in [2.75, 3.05) is 26.4 Å². The Balaban J connectivity index is 2.11. The topological polar surface area (TPSA) is 346 Å². The number of hydrogen-bond donors (Lipinski definition) is 0. The van der Waals surface area contributed by atoms with Gasteiger partial charge in [0.25, 0.3) is 0 Å².